The monoisotopic (exact) mass is 252 g/mol. The molecule has 0 atom stereocenters. The van der Waals surface area contributed by atoms with Crippen molar-refractivity contribution < 1.29 is 9.32 Å². The predicted octanol–water partition coefficient (Wildman–Crippen LogP) is 1.24. The molecule has 0 spiro atoms. The Hall–Kier alpha value is -2.08. The highest BCUT2D eigenvalue weighted by Crippen LogP contribution is 2.14. The smallest absolute Gasteiger partial charge is 0.253 e. The van der Waals surface area contributed by atoms with Crippen molar-refractivity contribution in [1.82, 2.24) is 15.5 Å². The number of rotatable bonds is 3. The number of nitrogens with zero attached hydrogens (tertiary/aromatic N) is 2. The molecular weight excluding hydrogens is 244 g/mol. The maximum atomic E-state index is 11.8. The van der Waals surface area contributed by atoms with Gasteiger partial charge in [-0.05, 0) is 6.07 Å². The third-order valence-electron chi connectivity index (χ3n) is 2.07. The fourth-order valence-electron chi connectivity index (χ4n) is 1.23. The SMILES string of the molecule is Nc1cnc(Cl)cc1C(=O)NCc1ccon1. The van der Waals surface area contributed by atoms with Gasteiger partial charge in [-0.25, -0.2) is 4.98 Å². The summed E-state index contributed by atoms with van der Waals surface area (Å²) in [6.45, 7) is 0.259. The van der Waals surface area contributed by atoms with E-state index in [-0.39, 0.29) is 28.9 Å². The number of carbonyl (C=O) groups excluding carboxylic acids is 1. The number of halogens is 1. The molecule has 0 aromatic carbocycles. The van der Waals surface area contributed by atoms with Gasteiger partial charge in [-0.15, -0.1) is 0 Å². The molecule has 88 valence electrons. The van der Waals surface area contributed by atoms with Crippen molar-refractivity contribution in [2.75, 3.05) is 5.73 Å². The second-order valence-corrected chi connectivity index (χ2v) is 3.65. The van der Waals surface area contributed by atoms with E-state index >= 15 is 0 Å². The van der Waals surface area contributed by atoms with Gasteiger partial charge in [0.25, 0.3) is 5.91 Å². The van der Waals surface area contributed by atoms with Gasteiger partial charge in [-0.1, -0.05) is 16.8 Å². The minimum absolute atomic E-state index is 0.214. The summed E-state index contributed by atoms with van der Waals surface area (Å²) >= 11 is 5.69. The van der Waals surface area contributed by atoms with Gasteiger partial charge >= 0.3 is 0 Å². The zero-order valence-corrected chi connectivity index (χ0v) is 9.44. The maximum absolute atomic E-state index is 11.8. The Bertz CT molecular complexity index is 527. The van der Waals surface area contributed by atoms with Crippen LogP contribution in [0.4, 0.5) is 5.69 Å². The molecule has 0 fully saturated rings. The van der Waals surface area contributed by atoms with E-state index in [1.165, 1.54) is 18.5 Å². The van der Waals surface area contributed by atoms with E-state index in [1.807, 2.05) is 0 Å². The lowest BCUT2D eigenvalue weighted by atomic mass is 10.2. The van der Waals surface area contributed by atoms with Gasteiger partial charge in [-0.2, -0.15) is 0 Å². The first-order chi connectivity index (χ1) is 8.16. The topological polar surface area (TPSA) is 94.0 Å². The van der Waals surface area contributed by atoms with Gasteiger partial charge < -0.3 is 15.6 Å². The summed E-state index contributed by atoms with van der Waals surface area (Å²) in [6.07, 6.45) is 2.77. The van der Waals surface area contributed by atoms with Crippen LogP contribution in [-0.2, 0) is 6.54 Å². The molecule has 0 saturated heterocycles. The number of amides is 1. The second-order valence-electron chi connectivity index (χ2n) is 3.27. The second kappa shape index (κ2) is 4.84. The highest BCUT2D eigenvalue weighted by Gasteiger charge is 2.11. The van der Waals surface area contributed by atoms with Crippen molar-refractivity contribution in [1.29, 1.82) is 0 Å². The molecule has 2 rings (SSSR count). The number of anilines is 1. The molecule has 2 aromatic heterocycles. The summed E-state index contributed by atoms with van der Waals surface area (Å²) in [5.74, 6) is -0.338. The van der Waals surface area contributed by atoms with Crippen molar-refractivity contribution in [2.45, 2.75) is 6.54 Å². The number of hydrogen-bond donors (Lipinski definition) is 2. The molecule has 17 heavy (non-hydrogen) atoms. The lowest BCUT2D eigenvalue weighted by Crippen LogP contribution is -2.24. The fourth-order valence-corrected chi connectivity index (χ4v) is 1.39. The van der Waals surface area contributed by atoms with Crippen LogP contribution >= 0.6 is 11.6 Å². The van der Waals surface area contributed by atoms with Crippen LogP contribution in [0.15, 0.2) is 29.1 Å². The largest absolute Gasteiger partial charge is 0.397 e. The van der Waals surface area contributed by atoms with Crippen molar-refractivity contribution >= 4 is 23.2 Å². The Morgan fingerprint density at radius 3 is 3.12 bits per heavy atom. The Balaban J connectivity index is 2.07. The molecule has 0 saturated carbocycles. The lowest BCUT2D eigenvalue weighted by molar-refractivity contribution is 0.0951. The summed E-state index contributed by atoms with van der Waals surface area (Å²) in [5, 5.41) is 6.52. The molecule has 2 aromatic rings. The average molecular weight is 253 g/mol. The summed E-state index contributed by atoms with van der Waals surface area (Å²) in [4.78, 5) is 15.5. The molecule has 1 amide bonds. The van der Waals surface area contributed by atoms with Gasteiger partial charge in [0, 0.05) is 6.07 Å². The molecule has 7 heteroatoms. The van der Waals surface area contributed by atoms with Gasteiger partial charge in [0.05, 0.1) is 24.0 Å². The maximum Gasteiger partial charge on any atom is 0.253 e. The van der Waals surface area contributed by atoms with Crippen molar-refractivity contribution in [3.63, 3.8) is 0 Å². The van der Waals surface area contributed by atoms with Crippen molar-refractivity contribution in [3.05, 3.63) is 41.0 Å². The molecule has 0 aliphatic carbocycles. The minimum Gasteiger partial charge on any atom is -0.397 e. The molecule has 0 aliphatic heterocycles. The van der Waals surface area contributed by atoms with Crippen LogP contribution in [0, 0.1) is 0 Å². The normalized spacial score (nSPS) is 10.2. The van der Waals surface area contributed by atoms with Crippen LogP contribution in [0.1, 0.15) is 16.1 Å². The van der Waals surface area contributed by atoms with E-state index < -0.39 is 0 Å². The average Bonchev–Trinajstić information content (AvgIpc) is 2.82. The van der Waals surface area contributed by atoms with E-state index in [1.54, 1.807) is 6.07 Å². The quantitative estimate of drug-likeness (QED) is 0.802. The minimum atomic E-state index is -0.338. The number of aromatic nitrogens is 2. The molecule has 3 N–H and O–H groups in total. The Labute approximate surface area is 102 Å². The summed E-state index contributed by atoms with van der Waals surface area (Å²) < 4.78 is 4.64. The fraction of sp³-hybridized carbons (Fsp3) is 0.100. The van der Waals surface area contributed by atoms with E-state index in [4.69, 9.17) is 17.3 Å². The first-order valence-electron chi connectivity index (χ1n) is 4.75. The van der Waals surface area contributed by atoms with E-state index in [0.717, 1.165) is 0 Å². The van der Waals surface area contributed by atoms with E-state index in [9.17, 15) is 4.79 Å². The zero-order valence-electron chi connectivity index (χ0n) is 8.68. The first-order valence-corrected chi connectivity index (χ1v) is 5.13. The molecular formula is C10H9ClN4O2. The number of hydrogen-bond acceptors (Lipinski definition) is 5. The van der Waals surface area contributed by atoms with Gasteiger partial charge in [-0.3, -0.25) is 4.79 Å². The number of carbonyl (C=O) groups is 1. The number of nitrogen functional groups attached to an aromatic ring is 1. The van der Waals surface area contributed by atoms with Crippen LogP contribution in [0.5, 0.6) is 0 Å². The van der Waals surface area contributed by atoms with Crippen molar-refractivity contribution in [3.8, 4) is 0 Å². The summed E-state index contributed by atoms with van der Waals surface area (Å²) in [6, 6.07) is 3.07. The van der Waals surface area contributed by atoms with Crippen LogP contribution in [0.2, 0.25) is 5.15 Å². The number of pyridine rings is 1. The Kier molecular flexibility index (Phi) is 3.24. The summed E-state index contributed by atoms with van der Waals surface area (Å²) in [7, 11) is 0. The number of nitrogens with one attached hydrogen (secondary N) is 1. The summed E-state index contributed by atoms with van der Waals surface area (Å²) in [5.41, 5.74) is 6.80. The van der Waals surface area contributed by atoms with Crippen LogP contribution in [-0.4, -0.2) is 16.0 Å². The van der Waals surface area contributed by atoms with E-state index in [2.05, 4.69) is 20.0 Å². The number of nitrogens with two attached hydrogens (primary N) is 1. The standard InChI is InChI=1S/C10H9ClN4O2/c11-9-3-7(8(12)5-13-9)10(16)14-4-6-1-2-17-15-6/h1-3,5H,4,12H2,(H,14,16). The van der Waals surface area contributed by atoms with E-state index in [0.29, 0.717) is 5.69 Å². The van der Waals surface area contributed by atoms with Crippen LogP contribution in [0.3, 0.4) is 0 Å². The molecule has 0 aliphatic rings. The molecule has 6 nitrogen and oxygen atoms in total. The zero-order chi connectivity index (χ0) is 12.3. The molecule has 0 unspecified atom stereocenters. The highest BCUT2D eigenvalue weighted by atomic mass is 35.5. The van der Waals surface area contributed by atoms with Gasteiger partial charge in [0.1, 0.15) is 17.1 Å². The van der Waals surface area contributed by atoms with Crippen LogP contribution in [0.25, 0.3) is 0 Å². The Morgan fingerprint density at radius 2 is 2.41 bits per heavy atom. The highest BCUT2D eigenvalue weighted by molar-refractivity contribution is 6.29. The molecule has 0 radical (unpaired) electrons. The van der Waals surface area contributed by atoms with Crippen LogP contribution < -0.4 is 11.1 Å². The Morgan fingerprint density at radius 1 is 1.59 bits per heavy atom. The van der Waals surface area contributed by atoms with Crippen molar-refractivity contribution in [2.24, 2.45) is 0 Å². The molecule has 0 bridgehead atoms. The first kappa shape index (κ1) is 11.4. The predicted molar refractivity (Wildman–Crippen MR) is 61.3 cm³/mol. The lowest BCUT2D eigenvalue weighted by Gasteiger charge is -2.05. The third-order valence-corrected chi connectivity index (χ3v) is 2.27. The third kappa shape index (κ3) is 2.73. The molecule has 2 heterocycles. The van der Waals surface area contributed by atoms with Gasteiger partial charge in [0.2, 0.25) is 0 Å². The van der Waals surface area contributed by atoms with Gasteiger partial charge in [0.15, 0.2) is 0 Å².